The number of nitrogens with one attached hydrogen (secondary N) is 2. The van der Waals surface area contributed by atoms with Crippen LogP contribution in [-0.4, -0.2) is 31.4 Å². The molecule has 0 heterocycles. The normalized spacial score (nSPS) is 15.8. The fourth-order valence-corrected chi connectivity index (χ4v) is 3.44. The van der Waals surface area contributed by atoms with Gasteiger partial charge in [0.1, 0.15) is 0 Å². The molecule has 7 heteroatoms. The summed E-state index contributed by atoms with van der Waals surface area (Å²) in [6.07, 6.45) is 4.98. The van der Waals surface area contributed by atoms with Gasteiger partial charge in [-0.05, 0) is 24.5 Å². The van der Waals surface area contributed by atoms with E-state index in [1.165, 1.54) is 7.11 Å². The lowest BCUT2D eigenvalue weighted by molar-refractivity contribution is -0.141. The van der Waals surface area contributed by atoms with Crippen LogP contribution in [0.15, 0.2) is 24.3 Å². The van der Waals surface area contributed by atoms with Crippen LogP contribution in [0.4, 0.5) is 0 Å². The Balaban J connectivity index is 1.94. The monoisotopic (exact) mass is 380 g/mol. The molecule has 142 valence electrons. The third-order valence-corrected chi connectivity index (χ3v) is 4.96. The Hall–Kier alpha value is -2.08. The van der Waals surface area contributed by atoms with Gasteiger partial charge >= 0.3 is 5.97 Å². The van der Waals surface area contributed by atoms with Crippen LogP contribution >= 0.6 is 11.6 Å². The molecule has 2 amide bonds. The van der Waals surface area contributed by atoms with E-state index in [1.54, 1.807) is 24.3 Å². The Morgan fingerprint density at radius 3 is 2.54 bits per heavy atom. The Kier molecular flexibility index (Phi) is 7.91. The van der Waals surface area contributed by atoms with Crippen molar-refractivity contribution in [1.82, 2.24) is 10.6 Å². The smallest absolute Gasteiger partial charge is 0.307 e. The third-order valence-electron chi connectivity index (χ3n) is 4.61. The van der Waals surface area contributed by atoms with Crippen LogP contribution < -0.4 is 10.6 Å². The molecular formula is C19H25ClN2O4. The third kappa shape index (κ3) is 6.02. The average Bonchev–Trinajstić information content (AvgIpc) is 2.66. The molecule has 0 aliphatic heterocycles. The van der Waals surface area contributed by atoms with E-state index in [4.69, 9.17) is 16.3 Å². The van der Waals surface area contributed by atoms with Gasteiger partial charge in [-0.25, -0.2) is 0 Å². The second kappa shape index (κ2) is 10.2. The van der Waals surface area contributed by atoms with E-state index in [9.17, 15) is 14.4 Å². The SMILES string of the molecule is COC(=O)C[C@@H](NC(=O)CNC(=O)C1CCCCC1)c1ccccc1Cl. The van der Waals surface area contributed by atoms with Gasteiger partial charge in [0.05, 0.1) is 26.1 Å². The summed E-state index contributed by atoms with van der Waals surface area (Å²) in [6.45, 7) is -0.128. The zero-order valence-corrected chi connectivity index (χ0v) is 15.7. The Labute approximate surface area is 158 Å². The van der Waals surface area contributed by atoms with Gasteiger partial charge in [0.15, 0.2) is 0 Å². The summed E-state index contributed by atoms with van der Waals surface area (Å²) in [7, 11) is 1.29. The van der Waals surface area contributed by atoms with Crippen molar-refractivity contribution < 1.29 is 19.1 Å². The first-order valence-electron chi connectivity index (χ1n) is 8.89. The van der Waals surface area contributed by atoms with Gasteiger partial charge < -0.3 is 15.4 Å². The molecule has 2 N–H and O–H groups in total. The van der Waals surface area contributed by atoms with E-state index in [1.807, 2.05) is 0 Å². The second-order valence-electron chi connectivity index (χ2n) is 6.47. The Morgan fingerprint density at radius 1 is 1.19 bits per heavy atom. The van der Waals surface area contributed by atoms with Gasteiger partial charge in [-0.1, -0.05) is 49.1 Å². The number of amides is 2. The van der Waals surface area contributed by atoms with Crippen LogP contribution in [0.3, 0.4) is 0 Å². The van der Waals surface area contributed by atoms with Crippen molar-refractivity contribution in [2.24, 2.45) is 5.92 Å². The average molecular weight is 381 g/mol. The minimum Gasteiger partial charge on any atom is -0.469 e. The number of rotatable bonds is 7. The molecular weight excluding hydrogens is 356 g/mol. The van der Waals surface area contributed by atoms with Crippen LogP contribution in [0.5, 0.6) is 0 Å². The first kappa shape index (κ1) is 20.2. The van der Waals surface area contributed by atoms with Gasteiger partial charge in [0.25, 0.3) is 0 Å². The molecule has 1 aromatic rings. The van der Waals surface area contributed by atoms with Crippen molar-refractivity contribution in [1.29, 1.82) is 0 Å². The molecule has 1 saturated carbocycles. The van der Waals surface area contributed by atoms with Gasteiger partial charge in [-0.15, -0.1) is 0 Å². The number of carbonyl (C=O) groups excluding carboxylic acids is 3. The van der Waals surface area contributed by atoms with E-state index in [2.05, 4.69) is 10.6 Å². The molecule has 1 aliphatic carbocycles. The maximum absolute atomic E-state index is 12.3. The number of esters is 1. The van der Waals surface area contributed by atoms with Crippen molar-refractivity contribution in [3.8, 4) is 0 Å². The zero-order chi connectivity index (χ0) is 18.9. The maximum Gasteiger partial charge on any atom is 0.307 e. The highest BCUT2D eigenvalue weighted by atomic mass is 35.5. The molecule has 2 rings (SSSR count). The Bertz CT molecular complexity index is 644. The van der Waals surface area contributed by atoms with Gasteiger partial charge in [0, 0.05) is 10.9 Å². The van der Waals surface area contributed by atoms with E-state index >= 15 is 0 Å². The topological polar surface area (TPSA) is 84.5 Å². The predicted octanol–water partition coefficient (Wildman–Crippen LogP) is 2.76. The van der Waals surface area contributed by atoms with E-state index < -0.39 is 12.0 Å². The highest BCUT2D eigenvalue weighted by Crippen LogP contribution is 2.25. The molecule has 0 saturated heterocycles. The minimum absolute atomic E-state index is 0.00835. The number of hydrogen-bond donors (Lipinski definition) is 2. The minimum atomic E-state index is -0.616. The first-order valence-corrected chi connectivity index (χ1v) is 9.27. The lowest BCUT2D eigenvalue weighted by Crippen LogP contribution is -2.41. The number of methoxy groups -OCH3 is 1. The lowest BCUT2D eigenvalue weighted by Gasteiger charge is -2.22. The van der Waals surface area contributed by atoms with Crippen molar-refractivity contribution in [2.75, 3.05) is 13.7 Å². The van der Waals surface area contributed by atoms with Gasteiger partial charge in [-0.3, -0.25) is 14.4 Å². The largest absolute Gasteiger partial charge is 0.469 e. The molecule has 0 radical (unpaired) electrons. The van der Waals surface area contributed by atoms with Crippen LogP contribution in [0, 0.1) is 5.92 Å². The fraction of sp³-hybridized carbons (Fsp3) is 0.526. The van der Waals surface area contributed by atoms with Crippen molar-refractivity contribution in [3.63, 3.8) is 0 Å². The molecule has 0 bridgehead atoms. The molecule has 1 fully saturated rings. The van der Waals surface area contributed by atoms with Crippen molar-refractivity contribution >= 4 is 29.4 Å². The first-order chi connectivity index (χ1) is 12.5. The molecule has 0 aromatic heterocycles. The number of hydrogen-bond acceptors (Lipinski definition) is 4. The predicted molar refractivity (Wildman–Crippen MR) is 98.6 cm³/mol. The van der Waals surface area contributed by atoms with E-state index in [-0.39, 0.29) is 30.7 Å². The van der Waals surface area contributed by atoms with Crippen molar-refractivity contribution in [2.45, 2.75) is 44.6 Å². The van der Waals surface area contributed by atoms with E-state index in [0.717, 1.165) is 32.1 Å². The summed E-state index contributed by atoms with van der Waals surface area (Å²) in [5.74, 6) is -0.919. The number of ether oxygens (including phenoxy) is 1. The maximum atomic E-state index is 12.3. The van der Waals surface area contributed by atoms with Crippen LogP contribution in [0.25, 0.3) is 0 Å². The summed E-state index contributed by atoms with van der Waals surface area (Å²) >= 11 is 6.18. The summed E-state index contributed by atoms with van der Waals surface area (Å²) in [5.41, 5.74) is 0.631. The highest BCUT2D eigenvalue weighted by Gasteiger charge is 2.23. The van der Waals surface area contributed by atoms with Gasteiger partial charge in [-0.2, -0.15) is 0 Å². The summed E-state index contributed by atoms with van der Waals surface area (Å²) in [5, 5.41) is 5.90. The standard InChI is InChI=1S/C19H25ClN2O4/c1-26-18(24)11-16(14-9-5-6-10-15(14)20)22-17(23)12-21-19(25)13-7-3-2-4-8-13/h5-6,9-10,13,16H,2-4,7-8,11-12H2,1H3,(H,21,25)(H,22,23)/t16-/m1/s1. The molecule has 1 atom stereocenters. The number of benzene rings is 1. The van der Waals surface area contributed by atoms with Gasteiger partial charge in [0.2, 0.25) is 11.8 Å². The quantitative estimate of drug-likeness (QED) is 0.712. The van der Waals surface area contributed by atoms with Crippen LogP contribution in [0.2, 0.25) is 5.02 Å². The van der Waals surface area contributed by atoms with Crippen molar-refractivity contribution in [3.05, 3.63) is 34.9 Å². The fourth-order valence-electron chi connectivity index (χ4n) is 3.17. The van der Waals surface area contributed by atoms with Crippen LogP contribution in [-0.2, 0) is 19.1 Å². The molecule has 1 aromatic carbocycles. The summed E-state index contributed by atoms with van der Waals surface area (Å²) in [6, 6.07) is 6.38. The molecule has 0 unspecified atom stereocenters. The molecule has 1 aliphatic rings. The zero-order valence-electron chi connectivity index (χ0n) is 14.9. The molecule has 6 nitrogen and oxygen atoms in total. The highest BCUT2D eigenvalue weighted by molar-refractivity contribution is 6.31. The second-order valence-corrected chi connectivity index (χ2v) is 6.88. The lowest BCUT2D eigenvalue weighted by atomic mass is 9.89. The molecule has 26 heavy (non-hydrogen) atoms. The molecule has 0 spiro atoms. The Morgan fingerprint density at radius 2 is 1.88 bits per heavy atom. The number of carbonyl (C=O) groups is 3. The van der Waals surface area contributed by atoms with E-state index in [0.29, 0.717) is 10.6 Å². The van der Waals surface area contributed by atoms with Crippen LogP contribution in [0.1, 0.15) is 50.1 Å². The number of halogens is 1. The summed E-state index contributed by atoms with van der Waals surface area (Å²) < 4.78 is 4.70. The summed E-state index contributed by atoms with van der Waals surface area (Å²) in [4.78, 5) is 36.1.